The van der Waals surface area contributed by atoms with E-state index >= 15 is 0 Å². The molecule has 0 aliphatic carbocycles. The summed E-state index contributed by atoms with van der Waals surface area (Å²) in [5.41, 5.74) is 17.1. The molecular weight excluding hydrogens is 731 g/mol. The van der Waals surface area contributed by atoms with E-state index in [4.69, 9.17) is 0 Å². The summed E-state index contributed by atoms with van der Waals surface area (Å²) < 4.78 is 5.18. The lowest BCUT2D eigenvalue weighted by Crippen LogP contribution is -2.37. The summed E-state index contributed by atoms with van der Waals surface area (Å²) in [6.07, 6.45) is 0. The first-order chi connectivity index (χ1) is 29.1. The summed E-state index contributed by atoms with van der Waals surface area (Å²) in [7, 11) is 2.47. The summed E-state index contributed by atoms with van der Waals surface area (Å²) in [5.74, 6) is -0.0191. The molecule has 0 unspecified atom stereocenters. The molecule has 2 nitrogen and oxygen atoms in total. The van der Waals surface area contributed by atoms with Crippen molar-refractivity contribution in [2.24, 2.45) is 0 Å². The van der Waals surface area contributed by atoms with Gasteiger partial charge in [0.15, 0.2) is 7.28 Å². The van der Waals surface area contributed by atoms with Crippen molar-refractivity contribution in [1.29, 1.82) is 0 Å². The van der Waals surface area contributed by atoms with Gasteiger partial charge in [-0.05, 0) is 89.4 Å². The van der Waals surface area contributed by atoms with Crippen LogP contribution >= 0.6 is 11.3 Å². The molecule has 4 heteroatoms. The van der Waals surface area contributed by atoms with E-state index in [1.165, 1.54) is 108 Å². The highest BCUT2D eigenvalue weighted by Crippen LogP contribution is 2.47. The first kappa shape index (κ1) is 34.2. The molecule has 1 aliphatic heterocycles. The van der Waals surface area contributed by atoms with Gasteiger partial charge in [0.2, 0.25) is 0 Å². The maximum absolute atomic E-state index is 3.94. The zero-order valence-corrected chi connectivity index (χ0v) is 33.6. The smallest absolute Gasteiger partial charge is 0.197 e. The Hall–Kier alpha value is -6.88. The van der Waals surface area contributed by atoms with Crippen LogP contribution in [0.25, 0.3) is 69.6 Å². The number of thiophene rings is 1. The fourth-order valence-electron chi connectivity index (χ4n) is 9.75. The number of rotatable bonds is 6. The molecule has 0 saturated heterocycles. The third-order valence-corrected chi connectivity index (χ3v) is 13.6. The molecule has 0 atom stereocenters. The van der Waals surface area contributed by atoms with Gasteiger partial charge >= 0.3 is 0 Å². The van der Waals surface area contributed by atoms with Crippen molar-refractivity contribution < 1.29 is 0 Å². The van der Waals surface area contributed by atoms with Crippen LogP contribution in [0.1, 0.15) is 33.7 Å². The van der Waals surface area contributed by atoms with Gasteiger partial charge in [-0.3, -0.25) is 0 Å². The maximum atomic E-state index is 3.94. The zero-order valence-electron chi connectivity index (χ0n) is 32.8. The molecule has 11 aromatic rings. The van der Waals surface area contributed by atoms with Crippen LogP contribution in [-0.4, -0.2) is 11.8 Å². The molecule has 0 amide bonds. The van der Waals surface area contributed by atoms with Gasteiger partial charge in [0, 0.05) is 70.4 Å². The Labute approximate surface area is 348 Å². The molecule has 0 fully saturated rings. The van der Waals surface area contributed by atoms with Gasteiger partial charge in [0.25, 0.3) is 0 Å². The van der Waals surface area contributed by atoms with Crippen LogP contribution < -0.4 is 16.2 Å². The van der Waals surface area contributed by atoms with E-state index in [9.17, 15) is 0 Å². The van der Waals surface area contributed by atoms with E-state index in [2.05, 4.69) is 213 Å². The summed E-state index contributed by atoms with van der Waals surface area (Å²) in [6.45, 7) is 4.35. The average molecular weight is 770 g/mol. The van der Waals surface area contributed by atoms with Gasteiger partial charge in [-0.15, -0.1) is 11.3 Å². The number of hydrogen-bond acceptors (Lipinski definition) is 2. The SMILES string of the molecule is Cc1ccc(Nc2cc3sc4ccccc4c3cc2-c2cc(C(c3ccccc3)c3ccccc3)c3c4ccc5ccccc5c4n4c3c2[B]c2cc(C)ccc2-4)cc1. The summed E-state index contributed by atoms with van der Waals surface area (Å²) in [5, 5.41) is 11.6. The number of aryl methyl sites for hydroxylation is 2. The second kappa shape index (κ2) is 13.3. The Balaban J connectivity index is 1.28. The monoisotopic (exact) mass is 769 g/mol. The normalized spacial score (nSPS) is 12.2. The number of nitrogens with zero attached hydrogens (tertiary/aromatic N) is 1. The van der Waals surface area contributed by atoms with E-state index in [1.54, 1.807) is 0 Å². The van der Waals surface area contributed by atoms with Crippen molar-refractivity contribution in [2.45, 2.75) is 19.8 Å². The number of nitrogens with one attached hydrogen (secondary N) is 1. The second-order valence-corrected chi connectivity index (χ2v) is 17.2. The van der Waals surface area contributed by atoms with Gasteiger partial charge < -0.3 is 9.88 Å². The highest BCUT2D eigenvalue weighted by Gasteiger charge is 2.32. The molecule has 2 aromatic heterocycles. The molecule has 9 aromatic carbocycles. The minimum Gasteiger partial charge on any atom is -0.355 e. The Morgan fingerprint density at radius 1 is 0.525 bits per heavy atom. The number of aromatic nitrogens is 1. The third-order valence-electron chi connectivity index (χ3n) is 12.4. The van der Waals surface area contributed by atoms with E-state index in [0.717, 1.165) is 11.4 Å². The first-order valence-corrected chi connectivity index (χ1v) is 21.3. The molecule has 0 saturated carbocycles. The van der Waals surface area contributed by atoms with Crippen LogP contribution in [0.15, 0.2) is 182 Å². The highest BCUT2D eigenvalue weighted by molar-refractivity contribution is 7.25. The van der Waals surface area contributed by atoms with E-state index in [-0.39, 0.29) is 5.92 Å². The average Bonchev–Trinajstić information content (AvgIpc) is 3.82. The van der Waals surface area contributed by atoms with Gasteiger partial charge in [-0.2, -0.15) is 0 Å². The largest absolute Gasteiger partial charge is 0.355 e. The third kappa shape index (κ3) is 5.40. The molecule has 3 heterocycles. The Bertz CT molecular complexity index is 3410. The van der Waals surface area contributed by atoms with Crippen molar-refractivity contribution in [3.05, 3.63) is 210 Å². The number of hydrogen-bond donors (Lipinski definition) is 1. The minimum absolute atomic E-state index is 0.0191. The minimum atomic E-state index is -0.0191. The van der Waals surface area contributed by atoms with Crippen LogP contribution in [0.2, 0.25) is 0 Å². The van der Waals surface area contributed by atoms with Crippen LogP contribution in [-0.2, 0) is 0 Å². The molecule has 12 rings (SSSR count). The second-order valence-electron chi connectivity index (χ2n) is 16.1. The Morgan fingerprint density at radius 2 is 1.22 bits per heavy atom. The van der Waals surface area contributed by atoms with E-state index in [1.807, 2.05) is 11.3 Å². The zero-order chi connectivity index (χ0) is 39.2. The fourth-order valence-corrected chi connectivity index (χ4v) is 10.9. The number of benzene rings is 9. The molecular formula is C55H38BN2S. The van der Waals surface area contributed by atoms with E-state index < -0.39 is 0 Å². The predicted octanol–water partition coefficient (Wildman–Crippen LogP) is 13.5. The molecule has 1 N–H and O–H groups in total. The highest BCUT2D eigenvalue weighted by atomic mass is 32.1. The quantitative estimate of drug-likeness (QED) is 0.132. The fraction of sp³-hybridized carbons (Fsp3) is 0.0545. The molecule has 277 valence electrons. The topological polar surface area (TPSA) is 17.0 Å². The van der Waals surface area contributed by atoms with E-state index in [0.29, 0.717) is 0 Å². The summed E-state index contributed by atoms with van der Waals surface area (Å²) in [6, 6.07) is 67.8. The Kier molecular flexibility index (Phi) is 7.73. The lowest BCUT2D eigenvalue weighted by molar-refractivity contribution is 0.990. The molecule has 59 heavy (non-hydrogen) atoms. The number of anilines is 2. The lowest BCUT2D eigenvalue weighted by atomic mass is 9.58. The number of fused-ring (bicyclic) bond motifs is 10. The summed E-state index contributed by atoms with van der Waals surface area (Å²) in [4.78, 5) is 0. The van der Waals surface area contributed by atoms with Crippen molar-refractivity contribution >= 4 is 93.7 Å². The lowest BCUT2D eigenvalue weighted by Gasteiger charge is -2.27. The first-order valence-electron chi connectivity index (χ1n) is 20.5. The van der Waals surface area contributed by atoms with Crippen LogP contribution in [0, 0.1) is 13.8 Å². The molecule has 1 radical (unpaired) electrons. The predicted molar refractivity (Wildman–Crippen MR) is 255 cm³/mol. The van der Waals surface area contributed by atoms with Crippen molar-refractivity contribution in [1.82, 2.24) is 4.57 Å². The van der Waals surface area contributed by atoms with Crippen molar-refractivity contribution in [2.75, 3.05) is 5.32 Å². The Morgan fingerprint density at radius 3 is 2.00 bits per heavy atom. The molecule has 0 bridgehead atoms. The van der Waals surface area contributed by atoms with Crippen molar-refractivity contribution in [3.8, 4) is 16.8 Å². The van der Waals surface area contributed by atoms with Gasteiger partial charge in [-0.25, -0.2) is 0 Å². The standard InChI is InChI=1S/C55H38BN2S/c1-33-21-25-38(26-22-33)57-47-32-50-43(40-19-11-12-20-49(40)59-50)30-42(47)44-31-45(51(36-14-5-3-6-15-36)37-16-7-4-8-17-37)52-41-27-24-35-13-9-10-18-39(35)54(41)58-48-28-23-34(2)29-46(48)56-53(44)55(52)58/h3-32,51,57H,1-2H3. The van der Waals surface area contributed by atoms with Gasteiger partial charge in [0.05, 0.1) is 5.52 Å². The van der Waals surface area contributed by atoms with Crippen LogP contribution in [0.5, 0.6) is 0 Å². The van der Waals surface area contributed by atoms with Crippen LogP contribution in [0.4, 0.5) is 11.4 Å². The van der Waals surface area contributed by atoms with Crippen LogP contribution in [0.3, 0.4) is 0 Å². The maximum Gasteiger partial charge on any atom is 0.197 e. The van der Waals surface area contributed by atoms with Gasteiger partial charge in [0.1, 0.15) is 0 Å². The molecule has 0 spiro atoms. The van der Waals surface area contributed by atoms with Gasteiger partial charge in [-0.1, -0.05) is 156 Å². The summed E-state index contributed by atoms with van der Waals surface area (Å²) >= 11 is 1.87. The van der Waals surface area contributed by atoms with Crippen molar-refractivity contribution in [3.63, 3.8) is 0 Å². The molecule has 1 aliphatic rings.